The fraction of sp³-hybridized carbons (Fsp3) is 1.00. The van der Waals surface area contributed by atoms with Crippen LogP contribution in [0.3, 0.4) is 0 Å². The monoisotopic (exact) mass is 305 g/mol. The Balaban J connectivity index is 4.90. The first-order valence-corrected chi connectivity index (χ1v) is 13.1. The lowest BCUT2D eigenvalue weighted by Gasteiger charge is -2.44. The molecule has 0 aliphatic heterocycles. The summed E-state index contributed by atoms with van der Waals surface area (Å²) < 4.78 is 12.5. The summed E-state index contributed by atoms with van der Waals surface area (Å²) in [5.41, 5.74) is 0. The minimum Gasteiger partial charge on any atom is -0.321 e. The van der Waals surface area contributed by atoms with E-state index in [-0.39, 0.29) is 10.1 Å². The van der Waals surface area contributed by atoms with E-state index in [1.165, 1.54) is 0 Å². The Morgan fingerprint density at radius 3 is 1.16 bits per heavy atom. The highest BCUT2D eigenvalue weighted by atomic mass is 28.4. The van der Waals surface area contributed by atoms with Gasteiger partial charge in [0, 0.05) is 6.54 Å². The Hall–Kier alpha value is 0.314. The quantitative estimate of drug-likeness (QED) is 0.516. The van der Waals surface area contributed by atoms with Gasteiger partial charge in [0.15, 0.2) is 0 Å². The van der Waals surface area contributed by atoms with Crippen molar-refractivity contribution >= 4 is 16.6 Å². The van der Waals surface area contributed by atoms with E-state index < -0.39 is 16.6 Å². The molecule has 0 heterocycles. The second-order valence-corrected chi connectivity index (χ2v) is 17.8. The summed E-state index contributed by atoms with van der Waals surface area (Å²) in [6.07, 6.45) is 0. The van der Waals surface area contributed by atoms with Crippen molar-refractivity contribution in [3.63, 3.8) is 0 Å². The second kappa shape index (κ2) is 5.97. The maximum atomic E-state index is 6.27. The summed E-state index contributed by atoms with van der Waals surface area (Å²) in [6.45, 7) is 25.4. The number of hydrogen-bond acceptors (Lipinski definition) is 3. The number of rotatable bonds is 5. The van der Waals surface area contributed by atoms with Crippen LogP contribution in [0.1, 0.15) is 48.5 Å². The molecule has 0 atom stereocenters. The third-order valence-electron chi connectivity index (χ3n) is 4.53. The normalized spacial score (nSPS) is 15.2. The van der Waals surface area contributed by atoms with Gasteiger partial charge in [-0.15, -0.1) is 0 Å². The summed E-state index contributed by atoms with van der Waals surface area (Å²) in [5, 5.41) is 2.14. The van der Waals surface area contributed by atoms with Crippen LogP contribution in [-0.2, 0) is 9.05 Å². The van der Waals surface area contributed by atoms with Crippen molar-refractivity contribution in [2.45, 2.75) is 84.7 Å². The fourth-order valence-corrected chi connectivity index (χ4v) is 2.90. The molecule has 0 unspecified atom stereocenters. The van der Waals surface area contributed by atoms with E-state index in [1.807, 2.05) is 0 Å². The SMILES string of the molecule is CCN(O[Si](C)(C)C(C)(C)C)O[Si](C)(C)C(C)(C)C. The Labute approximate surface area is 122 Å². The first-order chi connectivity index (χ1) is 8.14. The van der Waals surface area contributed by atoms with E-state index in [0.717, 1.165) is 6.54 Å². The van der Waals surface area contributed by atoms with Crippen LogP contribution < -0.4 is 0 Å². The molecule has 0 amide bonds. The van der Waals surface area contributed by atoms with Gasteiger partial charge in [-0.3, -0.25) is 0 Å². The molecule has 0 aromatic rings. The van der Waals surface area contributed by atoms with Crippen molar-refractivity contribution in [2.24, 2.45) is 0 Å². The van der Waals surface area contributed by atoms with Crippen molar-refractivity contribution in [2.75, 3.05) is 6.54 Å². The Bertz CT molecular complexity index is 263. The van der Waals surface area contributed by atoms with Gasteiger partial charge in [-0.25, -0.2) is 0 Å². The highest BCUT2D eigenvalue weighted by Gasteiger charge is 2.43. The van der Waals surface area contributed by atoms with Crippen molar-refractivity contribution in [3.8, 4) is 0 Å². The molecule has 0 aromatic carbocycles. The van der Waals surface area contributed by atoms with Crippen molar-refractivity contribution < 1.29 is 9.05 Å². The first-order valence-electron chi connectivity index (χ1n) is 7.30. The van der Waals surface area contributed by atoms with Gasteiger partial charge >= 0.3 is 0 Å². The van der Waals surface area contributed by atoms with Gasteiger partial charge in [0.25, 0.3) is 0 Å². The standard InChI is InChI=1S/C14H35NO2Si2/c1-12-15(16-18(8,9)13(2,3)4)17-19(10,11)14(5,6)7/h12H2,1-11H3. The highest BCUT2D eigenvalue weighted by Crippen LogP contribution is 2.40. The predicted octanol–water partition coefficient (Wildman–Crippen LogP) is 5.18. The van der Waals surface area contributed by atoms with Crippen molar-refractivity contribution in [3.05, 3.63) is 0 Å². The van der Waals surface area contributed by atoms with Crippen LogP contribution in [0.15, 0.2) is 0 Å². The average molecular weight is 306 g/mol. The van der Waals surface area contributed by atoms with Gasteiger partial charge < -0.3 is 9.05 Å². The van der Waals surface area contributed by atoms with Gasteiger partial charge in [0.1, 0.15) is 0 Å². The lowest BCUT2D eigenvalue weighted by Crippen LogP contribution is -2.52. The largest absolute Gasteiger partial charge is 0.321 e. The summed E-state index contributed by atoms with van der Waals surface area (Å²) in [6, 6.07) is 0. The first kappa shape index (κ1) is 19.3. The van der Waals surface area contributed by atoms with E-state index in [1.54, 1.807) is 5.23 Å². The molecule has 0 saturated carbocycles. The minimum absolute atomic E-state index is 0.192. The molecule has 0 spiro atoms. The number of hydrogen-bond donors (Lipinski definition) is 0. The Morgan fingerprint density at radius 1 is 0.737 bits per heavy atom. The molecule has 116 valence electrons. The molecule has 0 aliphatic carbocycles. The zero-order valence-electron chi connectivity index (χ0n) is 15.0. The molecule has 0 aromatic heterocycles. The van der Waals surface area contributed by atoms with Crippen LogP contribution >= 0.6 is 0 Å². The number of nitrogens with zero attached hydrogens (tertiary/aromatic N) is 1. The molecule has 0 rings (SSSR count). The van der Waals surface area contributed by atoms with Crippen molar-refractivity contribution in [1.29, 1.82) is 0 Å². The lowest BCUT2D eigenvalue weighted by molar-refractivity contribution is -0.272. The molecule has 0 aliphatic rings. The molecule has 0 N–H and O–H groups in total. The van der Waals surface area contributed by atoms with Crippen LogP contribution in [0.4, 0.5) is 0 Å². The van der Waals surface area contributed by atoms with Gasteiger partial charge in [-0.05, 0) is 43.2 Å². The van der Waals surface area contributed by atoms with E-state index in [4.69, 9.17) is 9.05 Å². The number of hydroxylamine groups is 2. The van der Waals surface area contributed by atoms with Gasteiger partial charge in [0.05, 0.1) is 0 Å². The maximum absolute atomic E-state index is 6.27. The molecular formula is C14H35NO2Si2. The Morgan fingerprint density at radius 2 is 1.00 bits per heavy atom. The highest BCUT2D eigenvalue weighted by molar-refractivity contribution is 6.74. The summed E-state index contributed by atoms with van der Waals surface area (Å²) in [4.78, 5) is 0. The molecule has 5 heteroatoms. The van der Waals surface area contributed by atoms with Crippen molar-refractivity contribution in [1.82, 2.24) is 5.23 Å². The molecule has 0 radical (unpaired) electrons. The summed E-state index contributed by atoms with van der Waals surface area (Å²) >= 11 is 0. The van der Waals surface area contributed by atoms with Gasteiger partial charge in [0.2, 0.25) is 16.6 Å². The smallest absolute Gasteiger partial charge is 0.223 e. The average Bonchev–Trinajstić information content (AvgIpc) is 2.12. The van der Waals surface area contributed by atoms with Gasteiger partial charge in [-0.2, -0.15) is 0 Å². The summed E-state index contributed by atoms with van der Waals surface area (Å²) in [7, 11) is -3.65. The van der Waals surface area contributed by atoms with E-state index in [9.17, 15) is 0 Å². The molecule has 0 bridgehead atoms. The molecular weight excluding hydrogens is 270 g/mol. The van der Waals surface area contributed by atoms with Crippen LogP contribution in [0, 0.1) is 0 Å². The van der Waals surface area contributed by atoms with Crippen LogP contribution in [0.25, 0.3) is 0 Å². The molecule has 19 heavy (non-hydrogen) atoms. The Kier molecular flexibility index (Phi) is 6.07. The molecule has 0 saturated heterocycles. The lowest BCUT2D eigenvalue weighted by atomic mass is 10.2. The maximum Gasteiger partial charge on any atom is 0.223 e. The predicted molar refractivity (Wildman–Crippen MR) is 88.9 cm³/mol. The van der Waals surface area contributed by atoms with Crippen LogP contribution in [0.5, 0.6) is 0 Å². The zero-order valence-corrected chi connectivity index (χ0v) is 17.0. The van der Waals surface area contributed by atoms with Crippen LogP contribution in [0.2, 0.25) is 36.3 Å². The van der Waals surface area contributed by atoms with Gasteiger partial charge in [-0.1, -0.05) is 46.8 Å². The van der Waals surface area contributed by atoms with E-state index >= 15 is 0 Å². The van der Waals surface area contributed by atoms with E-state index in [2.05, 4.69) is 74.7 Å². The van der Waals surface area contributed by atoms with E-state index in [0.29, 0.717) is 0 Å². The third kappa shape index (κ3) is 5.30. The second-order valence-electron chi connectivity index (χ2n) is 8.35. The molecule has 0 fully saturated rings. The minimum atomic E-state index is -1.82. The summed E-state index contributed by atoms with van der Waals surface area (Å²) in [5.74, 6) is 0. The topological polar surface area (TPSA) is 21.7 Å². The zero-order chi connectivity index (χ0) is 15.7. The van der Waals surface area contributed by atoms with Crippen LogP contribution in [-0.4, -0.2) is 28.4 Å². The molecule has 3 nitrogen and oxygen atoms in total. The third-order valence-corrected chi connectivity index (χ3v) is 13.1. The fourth-order valence-electron chi connectivity index (χ4n) is 0.931.